The third kappa shape index (κ3) is 10.6. The molecule has 6 nitrogen and oxygen atoms in total. The Balaban J connectivity index is 2.42. The second-order valence-corrected chi connectivity index (χ2v) is 6.89. The van der Waals surface area contributed by atoms with E-state index in [9.17, 15) is 4.79 Å². The van der Waals surface area contributed by atoms with Gasteiger partial charge in [-0.05, 0) is 63.0 Å². The van der Waals surface area contributed by atoms with Crippen molar-refractivity contribution in [3.8, 4) is 6.07 Å². The fourth-order valence-corrected chi connectivity index (χ4v) is 3.15. The molecule has 0 bridgehead atoms. The molecule has 0 fully saturated rings. The van der Waals surface area contributed by atoms with Crippen LogP contribution in [0.25, 0.3) is 0 Å². The molecule has 1 rings (SSSR count). The van der Waals surface area contributed by atoms with Gasteiger partial charge in [0.05, 0.1) is 12.6 Å². The molecule has 150 valence electrons. The summed E-state index contributed by atoms with van der Waals surface area (Å²) >= 11 is 0. The van der Waals surface area contributed by atoms with Crippen molar-refractivity contribution in [3.63, 3.8) is 0 Å². The number of benzene rings is 1. The zero-order chi connectivity index (χ0) is 19.9. The maximum atomic E-state index is 10.5. The Hall–Kier alpha value is -2.10. The molecule has 0 spiro atoms. The van der Waals surface area contributed by atoms with Crippen LogP contribution in [0.4, 0.5) is 4.79 Å². The van der Waals surface area contributed by atoms with Gasteiger partial charge in [0.1, 0.15) is 0 Å². The molecule has 0 aliphatic heterocycles. The quantitative estimate of drug-likeness (QED) is 0.383. The lowest BCUT2D eigenvalue weighted by Gasteiger charge is -2.23. The number of hydrogen-bond acceptors (Lipinski definition) is 4. The van der Waals surface area contributed by atoms with Crippen molar-refractivity contribution in [1.82, 2.24) is 15.1 Å². The van der Waals surface area contributed by atoms with Gasteiger partial charge in [0.2, 0.25) is 0 Å². The Morgan fingerprint density at radius 1 is 1.00 bits per heavy atom. The van der Waals surface area contributed by atoms with Crippen molar-refractivity contribution in [1.29, 1.82) is 5.26 Å². The minimum atomic E-state index is -1.02. The fraction of sp³-hybridized carbons (Fsp3) is 0.619. The van der Waals surface area contributed by atoms with Crippen LogP contribution in [0.15, 0.2) is 24.3 Å². The highest BCUT2D eigenvalue weighted by molar-refractivity contribution is 5.64. The van der Waals surface area contributed by atoms with E-state index in [1.807, 2.05) is 24.3 Å². The highest BCUT2D eigenvalue weighted by Crippen LogP contribution is 2.09. The van der Waals surface area contributed by atoms with E-state index in [4.69, 9.17) is 10.4 Å². The van der Waals surface area contributed by atoms with Gasteiger partial charge < -0.3 is 15.3 Å². The minimum absolute atomic E-state index is 0.309. The molecule has 0 saturated heterocycles. The number of rotatable bonds is 14. The summed E-state index contributed by atoms with van der Waals surface area (Å²) < 4.78 is 0. The van der Waals surface area contributed by atoms with Gasteiger partial charge in [0.25, 0.3) is 0 Å². The molecular formula is C21H34N4O2. The van der Waals surface area contributed by atoms with E-state index in [0.29, 0.717) is 13.1 Å². The lowest BCUT2D eigenvalue weighted by Crippen LogP contribution is -2.28. The second-order valence-electron chi connectivity index (χ2n) is 6.89. The molecule has 0 aromatic heterocycles. The standard InChI is InChI=1S/C21H34N4O2/c1-3-12-24(13-4-2)14-5-6-15-25(16-11-22)18-20-9-7-19(8-10-20)17-23-21(26)27/h7-10,23H,3-6,12-18H2,1-2H3,(H,26,27). The van der Waals surface area contributed by atoms with Gasteiger partial charge in [0, 0.05) is 13.1 Å². The van der Waals surface area contributed by atoms with Gasteiger partial charge >= 0.3 is 6.09 Å². The average Bonchev–Trinajstić information content (AvgIpc) is 2.65. The summed E-state index contributed by atoms with van der Waals surface area (Å²) in [4.78, 5) is 15.2. The van der Waals surface area contributed by atoms with Gasteiger partial charge in [-0.1, -0.05) is 38.1 Å². The van der Waals surface area contributed by atoms with Crippen LogP contribution in [0.2, 0.25) is 0 Å². The summed E-state index contributed by atoms with van der Waals surface area (Å²) in [5, 5.41) is 20.1. The summed E-state index contributed by atoms with van der Waals surface area (Å²) in [6, 6.07) is 10.1. The number of nitriles is 1. The van der Waals surface area contributed by atoms with Crippen LogP contribution in [0.3, 0.4) is 0 Å². The Morgan fingerprint density at radius 3 is 2.07 bits per heavy atom. The van der Waals surface area contributed by atoms with E-state index in [1.165, 1.54) is 25.9 Å². The first-order chi connectivity index (χ1) is 13.1. The first-order valence-corrected chi connectivity index (χ1v) is 9.95. The monoisotopic (exact) mass is 374 g/mol. The summed E-state index contributed by atoms with van der Waals surface area (Å²) in [6.07, 6.45) is 3.61. The Labute approximate surface area is 163 Å². The molecule has 1 aromatic carbocycles. The highest BCUT2D eigenvalue weighted by Gasteiger charge is 2.07. The first kappa shape index (κ1) is 22.9. The van der Waals surface area contributed by atoms with Gasteiger partial charge in [-0.3, -0.25) is 4.90 Å². The van der Waals surface area contributed by atoms with Crippen molar-refractivity contribution in [2.45, 2.75) is 52.6 Å². The fourth-order valence-electron chi connectivity index (χ4n) is 3.15. The van der Waals surface area contributed by atoms with Gasteiger partial charge in [0.15, 0.2) is 0 Å². The molecule has 1 amide bonds. The highest BCUT2D eigenvalue weighted by atomic mass is 16.4. The number of carboxylic acid groups (broad SMARTS) is 1. The second kappa shape index (κ2) is 14.0. The Bertz CT molecular complexity index is 563. The van der Waals surface area contributed by atoms with Crippen molar-refractivity contribution in [3.05, 3.63) is 35.4 Å². The van der Waals surface area contributed by atoms with Crippen LogP contribution in [-0.4, -0.2) is 53.7 Å². The lowest BCUT2D eigenvalue weighted by atomic mass is 10.1. The van der Waals surface area contributed by atoms with E-state index in [1.54, 1.807) is 0 Å². The van der Waals surface area contributed by atoms with Gasteiger partial charge in [-0.25, -0.2) is 4.79 Å². The predicted molar refractivity (Wildman–Crippen MR) is 108 cm³/mol. The summed E-state index contributed by atoms with van der Waals surface area (Å²) in [6.45, 7) is 10.3. The Morgan fingerprint density at radius 2 is 1.56 bits per heavy atom. The van der Waals surface area contributed by atoms with E-state index >= 15 is 0 Å². The summed E-state index contributed by atoms with van der Waals surface area (Å²) in [7, 11) is 0. The van der Waals surface area contributed by atoms with Crippen LogP contribution < -0.4 is 5.32 Å². The third-order valence-electron chi connectivity index (χ3n) is 4.45. The lowest BCUT2D eigenvalue weighted by molar-refractivity contribution is 0.194. The normalized spacial score (nSPS) is 10.9. The Kier molecular flexibility index (Phi) is 11.9. The SMILES string of the molecule is CCCN(CCC)CCCCN(CC#N)Cc1ccc(CNC(=O)O)cc1. The summed E-state index contributed by atoms with van der Waals surface area (Å²) in [5.41, 5.74) is 2.07. The number of carbonyl (C=O) groups is 1. The van der Waals surface area contributed by atoms with Crippen LogP contribution in [0.5, 0.6) is 0 Å². The molecule has 0 aliphatic carbocycles. The zero-order valence-corrected chi connectivity index (χ0v) is 16.8. The van der Waals surface area contributed by atoms with Crippen molar-refractivity contribution in [2.24, 2.45) is 0 Å². The average molecular weight is 375 g/mol. The molecule has 0 unspecified atom stereocenters. The van der Waals surface area contributed by atoms with Crippen LogP contribution in [-0.2, 0) is 13.1 Å². The van der Waals surface area contributed by atoms with Crippen molar-refractivity contribution >= 4 is 6.09 Å². The summed E-state index contributed by atoms with van der Waals surface area (Å²) in [5.74, 6) is 0. The first-order valence-electron chi connectivity index (χ1n) is 9.95. The maximum Gasteiger partial charge on any atom is 0.404 e. The minimum Gasteiger partial charge on any atom is -0.465 e. The van der Waals surface area contributed by atoms with E-state index in [2.05, 4.69) is 35.0 Å². The number of unbranched alkanes of at least 4 members (excludes halogenated alkanes) is 1. The topological polar surface area (TPSA) is 79.6 Å². The van der Waals surface area contributed by atoms with Gasteiger partial charge in [-0.2, -0.15) is 5.26 Å². The third-order valence-corrected chi connectivity index (χ3v) is 4.45. The molecule has 27 heavy (non-hydrogen) atoms. The van der Waals surface area contributed by atoms with Crippen molar-refractivity contribution < 1.29 is 9.90 Å². The molecule has 6 heteroatoms. The van der Waals surface area contributed by atoms with E-state index in [0.717, 1.165) is 43.6 Å². The zero-order valence-electron chi connectivity index (χ0n) is 16.8. The van der Waals surface area contributed by atoms with Crippen LogP contribution in [0.1, 0.15) is 50.7 Å². The van der Waals surface area contributed by atoms with Gasteiger partial charge in [-0.15, -0.1) is 0 Å². The van der Waals surface area contributed by atoms with Crippen LogP contribution >= 0.6 is 0 Å². The largest absolute Gasteiger partial charge is 0.465 e. The van der Waals surface area contributed by atoms with E-state index in [-0.39, 0.29) is 0 Å². The number of nitrogens with zero attached hydrogens (tertiary/aromatic N) is 3. The van der Waals surface area contributed by atoms with E-state index < -0.39 is 6.09 Å². The molecule has 2 N–H and O–H groups in total. The number of hydrogen-bond donors (Lipinski definition) is 2. The van der Waals surface area contributed by atoms with Crippen molar-refractivity contribution in [2.75, 3.05) is 32.7 Å². The molecule has 0 saturated carbocycles. The maximum absolute atomic E-state index is 10.5. The molecule has 0 aliphatic rings. The van der Waals surface area contributed by atoms with Crippen LogP contribution in [0, 0.1) is 11.3 Å². The molecule has 0 radical (unpaired) electrons. The number of amides is 1. The predicted octanol–water partition coefficient (Wildman–Crippen LogP) is 3.68. The smallest absolute Gasteiger partial charge is 0.404 e. The molecule has 0 atom stereocenters. The number of nitrogens with one attached hydrogen (secondary N) is 1. The molecule has 0 heterocycles. The molecule has 1 aromatic rings. The molecular weight excluding hydrogens is 340 g/mol.